The summed E-state index contributed by atoms with van der Waals surface area (Å²) in [5.41, 5.74) is 0.777. The number of hydrogen-bond acceptors (Lipinski definition) is 5. The van der Waals surface area contributed by atoms with Crippen molar-refractivity contribution >= 4 is 28.8 Å². The van der Waals surface area contributed by atoms with E-state index in [-0.39, 0.29) is 0 Å². The second-order valence-electron chi connectivity index (χ2n) is 3.53. The maximum Gasteiger partial charge on any atom is 0.176 e. The molecule has 0 aliphatic heterocycles. The van der Waals surface area contributed by atoms with E-state index in [2.05, 4.69) is 15.8 Å². The van der Waals surface area contributed by atoms with Crippen molar-refractivity contribution < 1.29 is 14.0 Å². The molecule has 6 nitrogen and oxygen atoms in total. The highest BCUT2D eigenvalue weighted by molar-refractivity contribution is 7.80. The molecule has 0 saturated carbocycles. The predicted molar refractivity (Wildman–Crippen MR) is 75.9 cm³/mol. The minimum absolute atomic E-state index is 0.404. The molecule has 2 rings (SSSR count). The van der Waals surface area contributed by atoms with Gasteiger partial charge in [0.25, 0.3) is 0 Å². The van der Waals surface area contributed by atoms with E-state index in [1.54, 1.807) is 32.4 Å². The summed E-state index contributed by atoms with van der Waals surface area (Å²) >= 11 is 5.15. The molecule has 0 aliphatic carbocycles. The molecule has 1 heterocycles. The standard InChI is InChI=1S/C12H13N3O3S/c1-16-9-4-3-8(7-10(9)17-2)13-12(19)14-11-5-6-18-15-11/h3-7H,1-2H3,(H2,13,14,15,19). The summed E-state index contributed by atoms with van der Waals surface area (Å²) < 4.78 is 15.1. The maximum atomic E-state index is 5.21. The van der Waals surface area contributed by atoms with Crippen molar-refractivity contribution in [2.45, 2.75) is 0 Å². The zero-order chi connectivity index (χ0) is 13.7. The van der Waals surface area contributed by atoms with Crippen molar-refractivity contribution in [2.24, 2.45) is 0 Å². The molecule has 0 spiro atoms. The molecule has 0 atom stereocenters. The smallest absolute Gasteiger partial charge is 0.176 e. The molecular weight excluding hydrogens is 266 g/mol. The first kappa shape index (κ1) is 13.2. The molecule has 2 aromatic rings. The predicted octanol–water partition coefficient (Wildman–Crippen LogP) is 2.50. The molecule has 1 aromatic heterocycles. The van der Waals surface area contributed by atoms with Crippen LogP contribution < -0.4 is 20.1 Å². The summed E-state index contributed by atoms with van der Waals surface area (Å²) in [5.74, 6) is 1.82. The van der Waals surface area contributed by atoms with Crippen LogP contribution in [0.5, 0.6) is 11.5 Å². The average Bonchev–Trinajstić information content (AvgIpc) is 2.91. The van der Waals surface area contributed by atoms with Crippen LogP contribution >= 0.6 is 12.2 Å². The number of nitrogens with zero attached hydrogens (tertiary/aromatic N) is 1. The normalized spacial score (nSPS) is 9.79. The van der Waals surface area contributed by atoms with E-state index in [1.807, 2.05) is 6.07 Å². The Kier molecular flexibility index (Phi) is 4.19. The Bertz CT molecular complexity index is 557. The van der Waals surface area contributed by atoms with E-state index in [0.29, 0.717) is 22.4 Å². The molecule has 0 fully saturated rings. The number of aromatic nitrogens is 1. The van der Waals surface area contributed by atoms with Crippen LogP contribution in [0.25, 0.3) is 0 Å². The quantitative estimate of drug-likeness (QED) is 0.833. The van der Waals surface area contributed by atoms with Crippen LogP contribution in [0.15, 0.2) is 35.1 Å². The van der Waals surface area contributed by atoms with E-state index in [4.69, 9.17) is 26.2 Å². The third-order valence-electron chi connectivity index (χ3n) is 2.32. The molecule has 19 heavy (non-hydrogen) atoms. The van der Waals surface area contributed by atoms with E-state index in [9.17, 15) is 0 Å². The number of nitrogens with one attached hydrogen (secondary N) is 2. The van der Waals surface area contributed by atoms with Gasteiger partial charge in [0.05, 0.1) is 14.2 Å². The highest BCUT2D eigenvalue weighted by atomic mass is 32.1. The first-order valence-corrected chi connectivity index (χ1v) is 5.84. The third kappa shape index (κ3) is 3.35. The Morgan fingerprint density at radius 1 is 1.16 bits per heavy atom. The van der Waals surface area contributed by atoms with Crippen molar-refractivity contribution in [2.75, 3.05) is 24.9 Å². The second-order valence-corrected chi connectivity index (χ2v) is 3.94. The fourth-order valence-corrected chi connectivity index (χ4v) is 1.69. The largest absolute Gasteiger partial charge is 0.493 e. The van der Waals surface area contributed by atoms with Gasteiger partial charge < -0.3 is 24.6 Å². The lowest BCUT2D eigenvalue weighted by Crippen LogP contribution is -2.19. The molecule has 2 N–H and O–H groups in total. The molecule has 0 aliphatic rings. The highest BCUT2D eigenvalue weighted by Gasteiger charge is 2.06. The van der Waals surface area contributed by atoms with Crippen LogP contribution in [0.3, 0.4) is 0 Å². The summed E-state index contributed by atoms with van der Waals surface area (Å²) in [7, 11) is 3.16. The SMILES string of the molecule is COc1ccc(NC(=S)Nc2ccon2)cc1OC. The number of hydrogen-bond donors (Lipinski definition) is 2. The minimum atomic E-state index is 0.404. The molecule has 100 valence electrons. The van der Waals surface area contributed by atoms with Crippen molar-refractivity contribution in [1.82, 2.24) is 5.16 Å². The van der Waals surface area contributed by atoms with E-state index < -0.39 is 0 Å². The molecule has 0 saturated heterocycles. The Hall–Kier alpha value is -2.28. The Balaban J connectivity index is 2.04. The fraction of sp³-hybridized carbons (Fsp3) is 0.167. The molecule has 0 radical (unpaired) electrons. The molecule has 0 bridgehead atoms. The van der Waals surface area contributed by atoms with Crippen LogP contribution in [0, 0.1) is 0 Å². The number of methoxy groups -OCH3 is 2. The summed E-state index contributed by atoms with van der Waals surface area (Å²) in [4.78, 5) is 0. The van der Waals surface area contributed by atoms with Gasteiger partial charge in [-0.05, 0) is 24.4 Å². The minimum Gasteiger partial charge on any atom is -0.493 e. The molecular formula is C12H13N3O3S. The summed E-state index contributed by atoms with van der Waals surface area (Å²) in [6.07, 6.45) is 1.46. The van der Waals surface area contributed by atoms with Crippen LogP contribution in [-0.2, 0) is 0 Å². The Labute approximate surface area is 115 Å². The number of ether oxygens (including phenoxy) is 2. The van der Waals surface area contributed by atoms with E-state index >= 15 is 0 Å². The topological polar surface area (TPSA) is 68.5 Å². The van der Waals surface area contributed by atoms with Crippen molar-refractivity contribution in [3.63, 3.8) is 0 Å². The maximum absolute atomic E-state index is 5.21. The average molecular weight is 279 g/mol. The van der Waals surface area contributed by atoms with Gasteiger partial charge in [-0.25, -0.2) is 0 Å². The highest BCUT2D eigenvalue weighted by Crippen LogP contribution is 2.29. The Morgan fingerprint density at radius 2 is 1.95 bits per heavy atom. The first-order chi connectivity index (χ1) is 9.22. The number of rotatable bonds is 4. The summed E-state index contributed by atoms with van der Waals surface area (Å²) in [5, 5.41) is 9.99. The van der Waals surface area contributed by atoms with Gasteiger partial charge in [0, 0.05) is 17.8 Å². The number of thiocarbonyl (C=S) groups is 1. The van der Waals surface area contributed by atoms with Gasteiger partial charge in [0.2, 0.25) is 0 Å². The zero-order valence-electron chi connectivity index (χ0n) is 10.5. The molecule has 0 unspecified atom stereocenters. The van der Waals surface area contributed by atoms with Crippen LogP contribution in [0.1, 0.15) is 0 Å². The van der Waals surface area contributed by atoms with Gasteiger partial charge in [0.1, 0.15) is 6.26 Å². The summed E-state index contributed by atoms with van der Waals surface area (Å²) in [6, 6.07) is 7.08. The van der Waals surface area contributed by atoms with Crippen molar-refractivity contribution in [3.8, 4) is 11.5 Å². The Morgan fingerprint density at radius 3 is 2.58 bits per heavy atom. The first-order valence-electron chi connectivity index (χ1n) is 5.43. The third-order valence-corrected chi connectivity index (χ3v) is 2.52. The van der Waals surface area contributed by atoms with Gasteiger partial charge in [0.15, 0.2) is 22.4 Å². The van der Waals surface area contributed by atoms with Gasteiger partial charge in [-0.3, -0.25) is 0 Å². The monoisotopic (exact) mass is 279 g/mol. The summed E-state index contributed by atoms with van der Waals surface area (Å²) in [6.45, 7) is 0. The molecule has 7 heteroatoms. The second kappa shape index (κ2) is 6.05. The number of anilines is 2. The fourth-order valence-electron chi connectivity index (χ4n) is 1.47. The van der Waals surface area contributed by atoms with E-state index in [0.717, 1.165) is 5.69 Å². The van der Waals surface area contributed by atoms with Crippen LogP contribution in [0.2, 0.25) is 0 Å². The van der Waals surface area contributed by atoms with Crippen molar-refractivity contribution in [3.05, 3.63) is 30.5 Å². The van der Waals surface area contributed by atoms with Gasteiger partial charge in [-0.15, -0.1) is 0 Å². The lowest BCUT2D eigenvalue weighted by atomic mass is 10.3. The lowest BCUT2D eigenvalue weighted by molar-refractivity contribution is 0.355. The molecule has 1 aromatic carbocycles. The van der Waals surface area contributed by atoms with Gasteiger partial charge >= 0.3 is 0 Å². The van der Waals surface area contributed by atoms with Crippen molar-refractivity contribution in [1.29, 1.82) is 0 Å². The zero-order valence-corrected chi connectivity index (χ0v) is 11.3. The van der Waals surface area contributed by atoms with Crippen LogP contribution in [-0.4, -0.2) is 24.5 Å². The van der Waals surface area contributed by atoms with Gasteiger partial charge in [-0.2, -0.15) is 0 Å². The molecule has 0 amide bonds. The van der Waals surface area contributed by atoms with Gasteiger partial charge in [-0.1, -0.05) is 5.16 Å². The lowest BCUT2D eigenvalue weighted by Gasteiger charge is -2.11. The van der Waals surface area contributed by atoms with E-state index in [1.165, 1.54) is 6.26 Å². The number of benzene rings is 1. The van der Waals surface area contributed by atoms with Crippen LogP contribution in [0.4, 0.5) is 11.5 Å².